The molecule has 0 rings (SSSR count). The van der Waals surface area contributed by atoms with E-state index in [0.29, 0.717) is 5.34 Å². The van der Waals surface area contributed by atoms with E-state index in [-0.39, 0.29) is 13.2 Å². The van der Waals surface area contributed by atoms with Crippen molar-refractivity contribution in [2.75, 3.05) is 13.2 Å². The number of carbonyl (C=O) groups excluding carboxylic acids is 1. The lowest BCUT2D eigenvalue weighted by Crippen LogP contribution is -2.53. The Labute approximate surface area is 126 Å². The maximum atomic E-state index is 11.5. The first-order chi connectivity index (χ1) is 9.36. The SMILES string of the molecule is CC(OC(=O)OC(C)(C)C)ON(O)N(CCO)C(C)(C)C. The van der Waals surface area contributed by atoms with Crippen molar-refractivity contribution in [3.63, 3.8) is 0 Å². The predicted molar refractivity (Wildman–Crippen MR) is 75.0 cm³/mol. The molecule has 1 atom stereocenters. The second-order valence-electron chi connectivity index (χ2n) is 6.53. The average molecular weight is 308 g/mol. The maximum Gasteiger partial charge on any atom is 0.511 e. The number of rotatable bonds is 6. The van der Waals surface area contributed by atoms with Crippen molar-refractivity contribution in [1.82, 2.24) is 10.3 Å². The van der Waals surface area contributed by atoms with Gasteiger partial charge in [0.25, 0.3) is 0 Å². The Morgan fingerprint density at radius 1 is 1.19 bits per heavy atom. The molecular weight excluding hydrogens is 280 g/mol. The summed E-state index contributed by atoms with van der Waals surface area (Å²) in [6, 6.07) is 0. The third kappa shape index (κ3) is 8.84. The number of carbonyl (C=O) groups is 1. The van der Waals surface area contributed by atoms with Gasteiger partial charge in [-0.25, -0.2) is 9.63 Å². The van der Waals surface area contributed by atoms with Crippen LogP contribution in [-0.4, -0.2) is 57.4 Å². The monoisotopic (exact) mass is 308 g/mol. The Morgan fingerprint density at radius 3 is 2.10 bits per heavy atom. The summed E-state index contributed by atoms with van der Waals surface area (Å²) >= 11 is 0. The van der Waals surface area contributed by atoms with Gasteiger partial charge in [-0.05, 0) is 41.5 Å². The van der Waals surface area contributed by atoms with Crippen molar-refractivity contribution in [2.24, 2.45) is 0 Å². The third-order valence-electron chi connectivity index (χ3n) is 2.19. The number of nitrogens with zero attached hydrogens (tertiary/aromatic N) is 2. The van der Waals surface area contributed by atoms with Gasteiger partial charge >= 0.3 is 6.16 Å². The molecule has 0 aromatic rings. The summed E-state index contributed by atoms with van der Waals surface area (Å²) in [4.78, 5) is 16.5. The number of hydrogen-bond acceptors (Lipinski definition) is 8. The van der Waals surface area contributed by atoms with E-state index in [1.54, 1.807) is 20.8 Å². The van der Waals surface area contributed by atoms with Gasteiger partial charge in [0.1, 0.15) is 5.60 Å². The lowest BCUT2D eigenvalue weighted by molar-refractivity contribution is -0.486. The van der Waals surface area contributed by atoms with E-state index < -0.39 is 23.6 Å². The highest BCUT2D eigenvalue weighted by molar-refractivity contribution is 5.60. The fourth-order valence-corrected chi connectivity index (χ4v) is 1.39. The van der Waals surface area contributed by atoms with Crippen molar-refractivity contribution < 1.29 is 29.4 Å². The minimum Gasteiger partial charge on any atom is -0.429 e. The minimum absolute atomic E-state index is 0.152. The lowest BCUT2D eigenvalue weighted by atomic mass is 10.1. The molecule has 0 amide bonds. The van der Waals surface area contributed by atoms with Gasteiger partial charge in [0.05, 0.1) is 6.61 Å². The molecule has 1 unspecified atom stereocenters. The van der Waals surface area contributed by atoms with Gasteiger partial charge in [0.15, 0.2) is 0 Å². The molecule has 0 bridgehead atoms. The van der Waals surface area contributed by atoms with Crippen LogP contribution in [0.5, 0.6) is 0 Å². The van der Waals surface area contributed by atoms with Crippen LogP contribution >= 0.6 is 0 Å². The van der Waals surface area contributed by atoms with Gasteiger partial charge in [-0.1, -0.05) is 0 Å². The zero-order chi connectivity index (χ0) is 16.8. The molecule has 0 fully saturated rings. The van der Waals surface area contributed by atoms with Crippen LogP contribution in [0.4, 0.5) is 4.79 Å². The maximum absolute atomic E-state index is 11.5. The number of aliphatic hydroxyl groups is 1. The van der Waals surface area contributed by atoms with Crippen molar-refractivity contribution >= 4 is 6.16 Å². The van der Waals surface area contributed by atoms with E-state index in [4.69, 9.17) is 19.4 Å². The smallest absolute Gasteiger partial charge is 0.429 e. The second-order valence-corrected chi connectivity index (χ2v) is 6.53. The summed E-state index contributed by atoms with van der Waals surface area (Å²) in [5.41, 5.74) is -1.17. The fourth-order valence-electron chi connectivity index (χ4n) is 1.39. The van der Waals surface area contributed by atoms with Crippen LogP contribution in [0.25, 0.3) is 0 Å². The predicted octanol–water partition coefficient (Wildman–Crippen LogP) is 1.91. The molecule has 8 heteroatoms. The Morgan fingerprint density at radius 2 is 1.71 bits per heavy atom. The van der Waals surface area contributed by atoms with Crippen LogP contribution in [0, 0.1) is 0 Å². The standard InChI is InChI=1S/C13H28N2O6/c1-10(19-11(17)20-13(5,6)7)21-15(18)14(8-9-16)12(2,3)4/h10,16,18H,8-9H2,1-7H3. The number of aliphatic hydroxyl groups excluding tert-OH is 1. The van der Waals surface area contributed by atoms with E-state index in [0.717, 1.165) is 0 Å². The molecule has 0 aromatic carbocycles. The van der Waals surface area contributed by atoms with Crippen molar-refractivity contribution in [2.45, 2.75) is 65.9 Å². The first-order valence-corrected chi connectivity index (χ1v) is 6.80. The van der Waals surface area contributed by atoms with Gasteiger partial charge in [0, 0.05) is 24.3 Å². The molecule has 0 radical (unpaired) electrons. The first kappa shape index (κ1) is 20.1. The van der Waals surface area contributed by atoms with Crippen molar-refractivity contribution in [3.05, 3.63) is 0 Å². The van der Waals surface area contributed by atoms with Gasteiger partial charge in [0.2, 0.25) is 6.29 Å². The molecule has 0 aliphatic carbocycles. The molecule has 8 nitrogen and oxygen atoms in total. The molecule has 0 heterocycles. The molecule has 0 aliphatic rings. The molecule has 0 saturated carbocycles. The van der Waals surface area contributed by atoms with Crippen LogP contribution in [0.3, 0.4) is 0 Å². The molecule has 21 heavy (non-hydrogen) atoms. The Hall–Kier alpha value is -0.930. The zero-order valence-electron chi connectivity index (χ0n) is 13.9. The Kier molecular flexibility index (Phi) is 7.55. The highest BCUT2D eigenvalue weighted by atomic mass is 17.0. The minimum atomic E-state index is -1.06. The zero-order valence-corrected chi connectivity index (χ0v) is 13.9. The molecule has 0 spiro atoms. The van der Waals surface area contributed by atoms with Crippen LogP contribution < -0.4 is 0 Å². The number of ether oxygens (including phenoxy) is 2. The number of hydrogen-bond donors (Lipinski definition) is 2. The van der Waals surface area contributed by atoms with E-state index in [1.165, 1.54) is 11.9 Å². The van der Waals surface area contributed by atoms with E-state index >= 15 is 0 Å². The van der Waals surface area contributed by atoms with Crippen molar-refractivity contribution in [1.29, 1.82) is 0 Å². The lowest BCUT2D eigenvalue weighted by Gasteiger charge is -2.38. The number of β-amino-alcohol motifs (C(OH)–C–C–N with tert-alkyl or cyclic N) is 1. The quantitative estimate of drug-likeness (QED) is 0.437. The number of hydrazine groups is 1. The van der Waals surface area contributed by atoms with E-state index in [2.05, 4.69) is 0 Å². The summed E-state index contributed by atoms with van der Waals surface area (Å²) in [6.07, 6.45) is -1.96. The van der Waals surface area contributed by atoms with Gasteiger partial charge < -0.3 is 14.6 Å². The summed E-state index contributed by atoms with van der Waals surface area (Å²) in [5, 5.41) is 20.7. The summed E-state index contributed by atoms with van der Waals surface area (Å²) in [5.74, 6) is 0. The van der Waals surface area contributed by atoms with Crippen LogP contribution in [0.2, 0.25) is 0 Å². The highest BCUT2D eigenvalue weighted by Crippen LogP contribution is 2.16. The van der Waals surface area contributed by atoms with Crippen LogP contribution in [0.15, 0.2) is 0 Å². The molecule has 0 aliphatic heterocycles. The molecule has 126 valence electrons. The van der Waals surface area contributed by atoms with Crippen LogP contribution in [0.1, 0.15) is 48.5 Å². The van der Waals surface area contributed by atoms with E-state index in [1.807, 2.05) is 20.8 Å². The summed E-state index contributed by atoms with van der Waals surface area (Å²) in [7, 11) is 0. The molecule has 0 aromatic heterocycles. The first-order valence-electron chi connectivity index (χ1n) is 6.80. The van der Waals surface area contributed by atoms with Crippen LogP contribution in [-0.2, 0) is 14.3 Å². The summed E-state index contributed by atoms with van der Waals surface area (Å²) < 4.78 is 9.83. The van der Waals surface area contributed by atoms with Gasteiger partial charge in [-0.2, -0.15) is 5.01 Å². The fraction of sp³-hybridized carbons (Fsp3) is 0.923. The topological polar surface area (TPSA) is 91.7 Å². The van der Waals surface area contributed by atoms with Gasteiger partial charge in [-0.15, -0.1) is 0 Å². The average Bonchev–Trinajstić information content (AvgIpc) is 2.20. The van der Waals surface area contributed by atoms with E-state index in [9.17, 15) is 10.0 Å². The Bertz CT molecular complexity index is 324. The highest BCUT2D eigenvalue weighted by Gasteiger charge is 2.29. The second kappa shape index (κ2) is 7.90. The summed E-state index contributed by atoms with van der Waals surface area (Å²) in [6.45, 7) is 12.0. The molecule has 0 saturated heterocycles. The molecular formula is C13H28N2O6. The van der Waals surface area contributed by atoms with Gasteiger partial charge in [-0.3, -0.25) is 5.21 Å². The van der Waals surface area contributed by atoms with Crippen molar-refractivity contribution in [3.8, 4) is 0 Å². The largest absolute Gasteiger partial charge is 0.511 e. The molecule has 2 N–H and O–H groups in total. The third-order valence-corrected chi connectivity index (χ3v) is 2.19. The normalized spacial score (nSPS) is 14.4. The Balaban J connectivity index is 4.48.